The molecule has 5 N–H and O–H groups in total. The van der Waals surface area contributed by atoms with Crippen molar-refractivity contribution in [2.45, 2.75) is 65.2 Å². The summed E-state index contributed by atoms with van der Waals surface area (Å²) in [5.41, 5.74) is 1.24. The molecule has 0 aliphatic carbocycles. The van der Waals surface area contributed by atoms with Crippen LogP contribution in [-0.4, -0.2) is 102 Å². The fourth-order valence-corrected chi connectivity index (χ4v) is 7.62. The smallest absolute Gasteiger partial charge is 0.276 e. The fraction of sp³-hybridized carbons (Fsp3) is 0.289. The Kier molecular flexibility index (Phi) is 14.4. The number of hydrogen-bond donors (Lipinski definition) is 5. The van der Waals surface area contributed by atoms with Crippen molar-refractivity contribution in [1.29, 1.82) is 0 Å². The Balaban J connectivity index is 0.000000200. The van der Waals surface area contributed by atoms with E-state index in [0.29, 0.717) is 38.4 Å². The number of pyridine rings is 3. The summed E-state index contributed by atoms with van der Waals surface area (Å²) in [5, 5.41) is 25.1. The number of ether oxygens (including phenoxy) is 2. The van der Waals surface area contributed by atoms with Crippen molar-refractivity contribution in [2.75, 3.05) is 25.1 Å². The topological polar surface area (TPSA) is 244 Å². The van der Waals surface area contributed by atoms with Gasteiger partial charge in [-0.15, -0.1) is 12.8 Å². The lowest BCUT2D eigenvalue weighted by molar-refractivity contribution is -0.112. The van der Waals surface area contributed by atoms with E-state index in [2.05, 4.69) is 34.0 Å². The third-order valence-electron chi connectivity index (χ3n) is 10.7. The zero-order valence-corrected chi connectivity index (χ0v) is 35.4. The van der Waals surface area contributed by atoms with Gasteiger partial charge >= 0.3 is 0 Å². The van der Waals surface area contributed by atoms with Crippen molar-refractivity contribution < 1.29 is 48.0 Å². The lowest BCUT2D eigenvalue weighted by atomic mass is 10.1. The first kappa shape index (κ1) is 46.6. The van der Waals surface area contributed by atoms with Crippen LogP contribution in [0.2, 0.25) is 0 Å². The van der Waals surface area contributed by atoms with E-state index >= 15 is 0 Å². The molecule has 5 amide bonds. The van der Waals surface area contributed by atoms with Crippen LogP contribution in [0.5, 0.6) is 11.5 Å². The summed E-state index contributed by atoms with van der Waals surface area (Å²) in [6.07, 6.45) is 12.2. The Morgan fingerprint density at radius 3 is 2.03 bits per heavy atom. The molecular formula is C45H45FN8O11. The summed E-state index contributed by atoms with van der Waals surface area (Å²) >= 11 is 0. The van der Waals surface area contributed by atoms with Crippen LogP contribution in [0, 0.1) is 18.7 Å². The van der Waals surface area contributed by atoms with E-state index in [1.165, 1.54) is 37.3 Å². The number of aromatic hydroxyl groups is 2. The molecule has 3 atom stereocenters. The van der Waals surface area contributed by atoms with Gasteiger partial charge < -0.3 is 43.9 Å². The average Bonchev–Trinajstić information content (AvgIpc) is 3.32. The number of hydrogen-bond acceptors (Lipinski definition) is 12. The number of carbonyl (C=O) groups excluding carboxylic acids is 5. The highest BCUT2D eigenvalue weighted by atomic mass is 19.1. The van der Waals surface area contributed by atoms with Crippen LogP contribution < -0.4 is 27.0 Å². The van der Waals surface area contributed by atoms with Crippen molar-refractivity contribution in [2.24, 2.45) is 0 Å². The number of nitrogens with one attached hydrogen (secondary N) is 3. The Bertz CT molecular complexity index is 2800. The minimum Gasteiger partial charge on any atom is -0.503 e. The van der Waals surface area contributed by atoms with Crippen LogP contribution in [0.3, 0.4) is 0 Å². The Hall–Kier alpha value is -7.89. The SMILES string of the molecule is C#C.CC.C[C@@H]1CCO[C@H]2Cn3cc(C(=O)Nc4nccc5ccccc45)c(=O)c(O)c3C(=O)N12.O=C(NNC(=O)c1cn2c(c(O)c1=O)C(=O)N1CCCOC1C2)c1ccc(F)cc1. The van der Waals surface area contributed by atoms with E-state index in [1.807, 2.05) is 51.1 Å². The summed E-state index contributed by atoms with van der Waals surface area (Å²) in [6, 6.07) is 13.7. The number of aromatic nitrogens is 3. The molecule has 3 aromatic heterocycles. The monoisotopic (exact) mass is 892 g/mol. The van der Waals surface area contributed by atoms with Gasteiger partial charge in [-0.3, -0.25) is 44.4 Å². The molecule has 2 saturated heterocycles. The number of fused-ring (bicyclic) bond motifs is 5. The number of halogens is 1. The first-order chi connectivity index (χ1) is 31.3. The second-order valence-corrected chi connectivity index (χ2v) is 14.5. The van der Waals surface area contributed by atoms with Crippen LogP contribution >= 0.6 is 0 Å². The van der Waals surface area contributed by atoms with Gasteiger partial charge in [-0.05, 0) is 55.5 Å². The van der Waals surface area contributed by atoms with Crippen molar-refractivity contribution in [1.82, 2.24) is 34.8 Å². The van der Waals surface area contributed by atoms with E-state index in [9.17, 15) is 48.2 Å². The molecule has 7 heterocycles. The van der Waals surface area contributed by atoms with Crippen LogP contribution in [-0.2, 0) is 22.6 Å². The van der Waals surface area contributed by atoms with Gasteiger partial charge in [0.2, 0.25) is 10.9 Å². The van der Waals surface area contributed by atoms with Crippen molar-refractivity contribution in [3.8, 4) is 24.3 Å². The minimum absolute atomic E-state index is 0.0742. The maximum Gasteiger partial charge on any atom is 0.276 e. The fourth-order valence-electron chi connectivity index (χ4n) is 7.62. The summed E-state index contributed by atoms with van der Waals surface area (Å²) in [7, 11) is 0. The first-order valence-corrected chi connectivity index (χ1v) is 20.5. The zero-order valence-electron chi connectivity index (χ0n) is 35.4. The Morgan fingerprint density at radius 1 is 0.769 bits per heavy atom. The molecular weight excluding hydrogens is 848 g/mol. The summed E-state index contributed by atoms with van der Waals surface area (Å²) in [4.78, 5) is 95.4. The molecule has 4 aliphatic heterocycles. The lowest BCUT2D eigenvalue weighted by Gasteiger charge is -2.44. The molecule has 65 heavy (non-hydrogen) atoms. The second-order valence-electron chi connectivity index (χ2n) is 14.5. The second kappa shape index (κ2) is 20.1. The third-order valence-corrected chi connectivity index (χ3v) is 10.7. The molecule has 9 rings (SSSR count). The number of terminal acetylenes is 1. The Labute approximate surface area is 370 Å². The molecule has 5 aromatic rings. The number of benzene rings is 2. The van der Waals surface area contributed by atoms with Gasteiger partial charge in [0.05, 0.1) is 26.3 Å². The molecule has 19 nitrogen and oxygen atoms in total. The standard InChI is InChI=1S/C22H20N4O5.C19H17FN4O6.C2H6.C2H2/c1-12-7-9-31-16-11-25-10-15(18(27)19(28)17(25)22(30)26(12)16)21(29)24-20-14-5-3-2-4-13(14)6-8-23-20;20-11-4-2-10(3-5-11)17(27)21-22-18(28)12-8-23-9-13-24(6-1-7-30-13)19(29)14(23)16(26)15(12)25;2*1-2/h2-6,8,10,12,16,28H,7,9,11H2,1H3,(H,23,24,29);2-5,8,13,26H,1,6-7,9H2,(H,21,27)(H,22,28);1-2H3;1-2H/t12-,16+;;;/m1.../s1. The zero-order chi connectivity index (χ0) is 47.1. The molecule has 0 spiro atoms. The molecule has 2 aromatic carbocycles. The molecule has 20 heteroatoms. The quantitative estimate of drug-likeness (QED) is 0.129. The summed E-state index contributed by atoms with van der Waals surface area (Å²) in [5.74, 6) is -5.28. The first-order valence-electron chi connectivity index (χ1n) is 20.5. The molecule has 0 radical (unpaired) electrons. The van der Waals surface area contributed by atoms with Gasteiger partial charge in [-0.25, -0.2) is 9.37 Å². The molecule has 0 saturated carbocycles. The highest BCUT2D eigenvalue weighted by Crippen LogP contribution is 2.30. The molecule has 4 aliphatic rings. The molecule has 1 unspecified atom stereocenters. The molecule has 2 fully saturated rings. The number of amides is 5. The third kappa shape index (κ3) is 9.27. The summed E-state index contributed by atoms with van der Waals surface area (Å²) in [6.45, 7) is 7.67. The van der Waals surface area contributed by atoms with Gasteiger partial charge in [0.15, 0.2) is 35.3 Å². The van der Waals surface area contributed by atoms with E-state index in [0.717, 1.165) is 29.1 Å². The number of carbonyl (C=O) groups is 5. The van der Waals surface area contributed by atoms with Gasteiger partial charge in [-0.2, -0.15) is 0 Å². The molecule has 0 bridgehead atoms. The van der Waals surface area contributed by atoms with Gasteiger partial charge in [0, 0.05) is 42.1 Å². The van der Waals surface area contributed by atoms with Crippen molar-refractivity contribution >= 4 is 46.1 Å². The van der Waals surface area contributed by atoms with E-state index in [-0.39, 0.29) is 41.6 Å². The number of rotatable bonds is 4. The maximum absolute atomic E-state index is 13.0. The van der Waals surface area contributed by atoms with E-state index in [1.54, 1.807) is 6.20 Å². The minimum atomic E-state index is -1.04. The number of nitrogens with zero attached hydrogens (tertiary/aromatic N) is 5. The maximum atomic E-state index is 13.0. The molecule has 338 valence electrons. The van der Waals surface area contributed by atoms with Gasteiger partial charge in [0.1, 0.15) is 22.8 Å². The lowest BCUT2D eigenvalue weighted by Crippen LogP contribution is -2.57. The van der Waals surface area contributed by atoms with Crippen molar-refractivity contribution in [3.05, 3.63) is 128 Å². The average molecular weight is 893 g/mol. The van der Waals surface area contributed by atoms with Gasteiger partial charge in [0.25, 0.3) is 29.5 Å². The number of hydrazine groups is 1. The van der Waals surface area contributed by atoms with Crippen LogP contribution in [0.15, 0.2) is 82.8 Å². The normalized spacial score (nSPS) is 18.0. The number of anilines is 1. The van der Waals surface area contributed by atoms with Crippen LogP contribution in [0.1, 0.15) is 85.7 Å². The van der Waals surface area contributed by atoms with Gasteiger partial charge in [-0.1, -0.05) is 38.1 Å². The van der Waals surface area contributed by atoms with E-state index < -0.39 is 75.7 Å². The predicted octanol–water partition coefficient (Wildman–Crippen LogP) is 3.19. The van der Waals surface area contributed by atoms with E-state index in [4.69, 9.17) is 9.47 Å². The van der Waals surface area contributed by atoms with Crippen molar-refractivity contribution in [3.63, 3.8) is 0 Å². The highest BCUT2D eigenvalue weighted by Gasteiger charge is 2.41. The predicted molar refractivity (Wildman–Crippen MR) is 232 cm³/mol. The largest absolute Gasteiger partial charge is 0.503 e. The van der Waals surface area contributed by atoms with Crippen LogP contribution in [0.4, 0.5) is 10.2 Å². The highest BCUT2D eigenvalue weighted by molar-refractivity contribution is 6.09. The summed E-state index contributed by atoms with van der Waals surface area (Å²) < 4.78 is 26.9. The Morgan fingerprint density at radius 2 is 1.35 bits per heavy atom. The van der Waals surface area contributed by atoms with Crippen LogP contribution in [0.25, 0.3) is 10.8 Å².